The van der Waals surface area contributed by atoms with Crippen LogP contribution in [0.2, 0.25) is 0 Å². The van der Waals surface area contributed by atoms with E-state index in [2.05, 4.69) is 369 Å². The smallest absolute Gasteiger partial charge is 0.162 e. The highest BCUT2D eigenvalue weighted by Gasteiger charge is 2.45. The monoisotopic (exact) mass is 1150 g/mol. The second-order valence-electron chi connectivity index (χ2n) is 23.9. The first-order valence-electron chi connectivity index (χ1n) is 31.0. The second-order valence-corrected chi connectivity index (χ2v) is 23.9. The van der Waals surface area contributed by atoms with Gasteiger partial charge in [-0.1, -0.05) is 218 Å². The van der Waals surface area contributed by atoms with Crippen LogP contribution in [0, 0.1) is 0 Å². The van der Waals surface area contributed by atoms with Gasteiger partial charge >= 0.3 is 0 Å². The van der Waals surface area contributed by atoms with Crippen LogP contribution in [-0.2, 0) is 0 Å². The second kappa shape index (κ2) is 20.4. The first-order chi connectivity index (χ1) is 44.5. The van der Waals surface area contributed by atoms with Gasteiger partial charge in [-0.15, -0.1) is 0 Å². The third-order valence-corrected chi connectivity index (χ3v) is 18.8. The molecule has 2 aromatic heterocycles. The lowest BCUT2D eigenvalue weighted by molar-refractivity contribution is 0.629. The van der Waals surface area contributed by atoms with E-state index in [9.17, 15) is 0 Å². The van der Waals surface area contributed by atoms with Crippen molar-refractivity contribution in [1.29, 1.82) is 0 Å². The van der Waals surface area contributed by atoms with Crippen molar-refractivity contribution in [3.8, 4) is 0 Å². The van der Waals surface area contributed by atoms with E-state index in [0.717, 1.165) is 78.7 Å². The molecule has 0 saturated heterocycles. The zero-order valence-electron chi connectivity index (χ0n) is 49.1. The molecule has 0 spiro atoms. The molecule has 424 valence electrons. The predicted molar refractivity (Wildman–Crippen MR) is 380 cm³/mol. The molecule has 14 aromatic carbocycles. The third-order valence-electron chi connectivity index (χ3n) is 18.8. The first kappa shape index (κ1) is 51.4. The van der Waals surface area contributed by atoms with E-state index in [0.29, 0.717) is 0 Å². The number of nitrogens with one attached hydrogen (secondary N) is 2. The van der Waals surface area contributed by atoms with Gasteiger partial charge in [-0.3, -0.25) is 9.80 Å². The van der Waals surface area contributed by atoms with Crippen LogP contribution in [0.4, 0.5) is 45.8 Å². The van der Waals surface area contributed by atoms with Crippen molar-refractivity contribution in [3.05, 3.63) is 351 Å². The molecule has 18 rings (SSSR count). The first-order valence-corrected chi connectivity index (χ1v) is 31.0. The van der Waals surface area contributed by atoms with Gasteiger partial charge in [0.2, 0.25) is 0 Å². The summed E-state index contributed by atoms with van der Waals surface area (Å²) < 4.78 is 0. The third kappa shape index (κ3) is 8.12. The number of anilines is 8. The fourth-order valence-electron chi connectivity index (χ4n) is 14.9. The lowest BCUT2D eigenvalue weighted by Crippen LogP contribution is -2.56. The molecule has 0 aliphatic heterocycles. The van der Waals surface area contributed by atoms with E-state index < -0.39 is 11.3 Å². The Morgan fingerprint density at radius 2 is 0.478 bits per heavy atom. The van der Waals surface area contributed by atoms with Crippen molar-refractivity contribution < 1.29 is 0 Å². The maximum Gasteiger partial charge on any atom is 0.162 e. The van der Waals surface area contributed by atoms with Crippen LogP contribution >= 0.6 is 0 Å². The normalized spacial score (nSPS) is 16.5. The highest BCUT2D eigenvalue weighted by atomic mass is 15.4. The fourth-order valence-corrected chi connectivity index (χ4v) is 14.9. The minimum absolute atomic E-state index is 0.958. The van der Waals surface area contributed by atoms with Gasteiger partial charge in [-0.25, -0.2) is 0 Å². The standard InChI is InChI=1S/C84H58N6/c1-5-25-69(26-6-1)87(73-51-65-39-35-59-21-17-22-60-36-40-66(52-73)81(65)79(59)60)83(89(71-29-9-3-10-30-71)77-55-63-19-13-15-33-75(63)85-77)47-43-57(44-48-83)58-45-49-84(50-46-58,90(72-31-11-4-12-32-72)78-56-64-20-14-16-34-76(64)86-78)88(70-27-7-2-8-28-70)74-53-67-41-37-61-23-18-24-62-38-42-68(54-74)82(67)80(61)62/h1-56,85-86H. The molecule has 6 nitrogen and oxygen atoms in total. The Bertz CT molecular complexity index is 5010. The van der Waals surface area contributed by atoms with Crippen LogP contribution < -0.4 is 19.6 Å². The summed E-state index contributed by atoms with van der Waals surface area (Å²) >= 11 is 0. The predicted octanol–water partition coefficient (Wildman–Crippen LogP) is 22.0. The molecular weight excluding hydrogens is 1090 g/mol. The fraction of sp³-hybridized carbons (Fsp3) is 0.0238. The molecule has 0 saturated carbocycles. The lowest BCUT2D eigenvalue weighted by atomic mass is 9.88. The maximum atomic E-state index is 3.92. The maximum absolute atomic E-state index is 3.92. The Kier molecular flexibility index (Phi) is 11.6. The average molecular weight is 1150 g/mol. The molecule has 2 heterocycles. The molecule has 90 heavy (non-hydrogen) atoms. The minimum Gasteiger partial charge on any atom is -0.341 e. The molecule has 16 aromatic rings. The Hall–Kier alpha value is -11.9. The van der Waals surface area contributed by atoms with Gasteiger partial charge in [0.25, 0.3) is 0 Å². The molecule has 0 bridgehead atoms. The number of aromatic amines is 2. The van der Waals surface area contributed by atoms with Crippen molar-refractivity contribution in [3.63, 3.8) is 0 Å². The molecule has 2 aliphatic carbocycles. The Morgan fingerprint density at radius 3 is 0.800 bits per heavy atom. The van der Waals surface area contributed by atoms with Crippen molar-refractivity contribution in [2.75, 3.05) is 19.6 Å². The summed E-state index contributed by atoms with van der Waals surface area (Å²) in [6.45, 7) is 0. The Labute approximate surface area is 521 Å². The molecule has 6 heteroatoms. The number of allylic oxidation sites excluding steroid dienone is 6. The van der Waals surface area contributed by atoms with Crippen LogP contribution in [0.25, 0.3) is 86.4 Å². The van der Waals surface area contributed by atoms with Gasteiger partial charge in [0.05, 0.1) is 0 Å². The van der Waals surface area contributed by atoms with Gasteiger partial charge in [-0.2, -0.15) is 0 Å². The van der Waals surface area contributed by atoms with Crippen LogP contribution in [-0.4, -0.2) is 21.3 Å². The van der Waals surface area contributed by atoms with Gasteiger partial charge in [0.15, 0.2) is 11.3 Å². The molecule has 0 fully saturated rings. The summed E-state index contributed by atoms with van der Waals surface area (Å²) in [5, 5.41) is 17.2. The van der Waals surface area contributed by atoms with Crippen LogP contribution in [0.1, 0.15) is 0 Å². The number of benzene rings is 14. The summed E-state index contributed by atoms with van der Waals surface area (Å²) in [4.78, 5) is 17.8. The number of aromatic nitrogens is 2. The van der Waals surface area contributed by atoms with E-state index in [4.69, 9.17) is 0 Å². The van der Waals surface area contributed by atoms with E-state index in [1.807, 2.05) is 0 Å². The summed E-state index contributed by atoms with van der Waals surface area (Å²) in [6.07, 6.45) is 19.0. The van der Waals surface area contributed by atoms with Crippen molar-refractivity contribution in [1.82, 2.24) is 9.97 Å². The van der Waals surface area contributed by atoms with Crippen molar-refractivity contribution in [2.24, 2.45) is 0 Å². The lowest BCUT2D eigenvalue weighted by Gasteiger charge is -2.50. The number of nitrogens with zero attached hydrogens (tertiary/aromatic N) is 4. The molecule has 0 radical (unpaired) electrons. The molecule has 2 aliphatic rings. The molecule has 0 amide bonds. The Balaban J connectivity index is 0.861. The van der Waals surface area contributed by atoms with E-state index >= 15 is 0 Å². The summed E-state index contributed by atoms with van der Waals surface area (Å²) in [6, 6.07) is 106. The van der Waals surface area contributed by atoms with E-state index in [1.54, 1.807) is 0 Å². The number of hydrogen-bond acceptors (Lipinski definition) is 4. The summed E-state index contributed by atoms with van der Waals surface area (Å²) in [5.74, 6) is 1.92. The van der Waals surface area contributed by atoms with E-state index in [1.165, 1.54) is 64.6 Å². The number of hydrogen-bond donors (Lipinski definition) is 2. The molecular formula is C84H58N6. The zero-order valence-corrected chi connectivity index (χ0v) is 49.1. The highest BCUT2D eigenvalue weighted by molar-refractivity contribution is 6.25. The number of rotatable bonds is 12. The average Bonchev–Trinajstić information content (AvgIpc) is 0.979. The number of para-hydroxylation sites is 6. The van der Waals surface area contributed by atoms with Crippen LogP contribution in [0.3, 0.4) is 0 Å². The van der Waals surface area contributed by atoms with Gasteiger partial charge in [0, 0.05) is 55.9 Å². The van der Waals surface area contributed by atoms with Gasteiger partial charge in [-0.05, 0) is 197 Å². The number of fused-ring (bicyclic) bond motifs is 2. The quantitative estimate of drug-likeness (QED) is 0.0945. The molecule has 0 atom stereocenters. The zero-order chi connectivity index (χ0) is 59.3. The largest absolute Gasteiger partial charge is 0.341 e. The van der Waals surface area contributed by atoms with Crippen LogP contribution in [0.15, 0.2) is 351 Å². The highest BCUT2D eigenvalue weighted by Crippen LogP contribution is 2.51. The van der Waals surface area contributed by atoms with E-state index in [-0.39, 0.29) is 0 Å². The van der Waals surface area contributed by atoms with Gasteiger partial charge < -0.3 is 19.8 Å². The number of H-pyrrole nitrogens is 2. The molecule has 2 N–H and O–H groups in total. The Morgan fingerprint density at radius 1 is 0.211 bits per heavy atom. The van der Waals surface area contributed by atoms with Gasteiger partial charge in [0.1, 0.15) is 11.6 Å². The minimum atomic E-state index is -0.985. The topological polar surface area (TPSA) is 44.5 Å². The SMILES string of the molecule is C1=CC(N(c2ccccc2)c2cc3ccc4cccc5ccc(c2)c3c45)(N(c2ccccc2)c2cc3ccccc3[nH]2)C=CC1=C1C=CC(N(c2ccccc2)c2cc3ccc4cccc5ccc(c2)c3c45)(N(c2ccccc2)c2cc3ccccc3[nH]2)C=C1. The summed E-state index contributed by atoms with van der Waals surface area (Å²) in [7, 11) is 0. The van der Waals surface area contributed by atoms with Crippen LogP contribution in [0.5, 0.6) is 0 Å². The van der Waals surface area contributed by atoms with Crippen molar-refractivity contribution in [2.45, 2.75) is 11.3 Å². The summed E-state index contributed by atoms with van der Waals surface area (Å²) in [5.41, 5.74) is 8.57. The molecule has 0 unspecified atom stereocenters. The van der Waals surface area contributed by atoms with Crippen molar-refractivity contribution >= 4 is 132 Å².